The first-order valence-corrected chi connectivity index (χ1v) is 5.13. The average Bonchev–Trinajstić information content (AvgIpc) is 2.12. The predicted molar refractivity (Wildman–Crippen MR) is 59.3 cm³/mol. The Balaban J connectivity index is 4.21. The van der Waals surface area contributed by atoms with Crippen molar-refractivity contribution in [1.82, 2.24) is 10.6 Å². The third kappa shape index (κ3) is 5.55. The van der Waals surface area contributed by atoms with Crippen molar-refractivity contribution < 1.29 is 19.4 Å². The quantitative estimate of drug-likeness (QED) is 0.625. The van der Waals surface area contributed by atoms with Gasteiger partial charge in [0, 0.05) is 7.11 Å². The Morgan fingerprint density at radius 3 is 2.38 bits per heavy atom. The maximum atomic E-state index is 11.5. The third-order valence-corrected chi connectivity index (χ3v) is 1.97. The Kier molecular flexibility index (Phi) is 5.81. The number of urea groups is 1. The van der Waals surface area contributed by atoms with Crippen molar-refractivity contribution in [3.63, 3.8) is 0 Å². The summed E-state index contributed by atoms with van der Waals surface area (Å²) in [4.78, 5) is 22.2. The summed E-state index contributed by atoms with van der Waals surface area (Å²) in [6.07, 6.45) is 0.341. The lowest BCUT2D eigenvalue weighted by molar-refractivity contribution is -0.139. The van der Waals surface area contributed by atoms with Gasteiger partial charge in [-0.3, -0.25) is 0 Å². The number of carboxylic acid groups (broad SMARTS) is 1. The van der Waals surface area contributed by atoms with E-state index in [0.29, 0.717) is 13.0 Å². The lowest BCUT2D eigenvalue weighted by atomic mass is 10.1. The summed E-state index contributed by atoms with van der Waals surface area (Å²) in [6.45, 7) is 5.62. The third-order valence-electron chi connectivity index (χ3n) is 1.97. The Labute approximate surface area is 95.4 Å². The molecule has 0 fully saturated rings. The normalized spacial score (nSPS) is 13.0. The van der Waals surface area contributed by atoms with Crippen molar-refractivity contribution in [2.75, 3.05) is 13.7 Å². The molecule has 16 heavy (non-hydrogen) atoms. The molecule has 3 N–H and O–H groups in total. The minimum Gasteiger partial charge on any atom is -0.480 e. The highest BCUT2D eigenvalue weighted by Gasteiger charge is 2.23. The van der Waals surface area contributed by atoms with Gasteiger partial charge in [0.2, 0.25) is 0 Å². The lowest BCUT2D eigenvalue weighted by Crippen LogP contribution is -2.54. The number of carbonyl (C=O) groups excluding carboxylic acids is 1. The molecule has 0 saturated carbocycles. The second-order valence-electron chi connectivity index (χ2n) is 4.21. The molecule has 0 bridgehead atoms. The summed E-state index contributed by atoms with van der Waals surface area (Å²) in [5.41, 5.74) is -0.532. The van der Waals surface area contributed by atoms with E-state index in [0.717, 1.165) is 0 Å². The van der Waals surface area contributed by atoms with Crippen molar-refractivity contribution in [3.8, 4) is 0 Å². The lowest BCUT2D eigenvalue weighted by Gasteiger charge is -2.26. The zero-order valence-corrected chi connectivity index (χ0v) is 10.2. The van der Waals surface area contributed by atoms with Crippen LogP contribution >= 0.6 is 0 Å². The first-order chi connectivity index (χ1) is 7.32. The predicted octanol–water partition coefficient (Wildman–Crippen LogP) is 0.574. The fraction of sp³-hybridized carbons (Fsp3) is 0.800. The molecule has 6 heteroatoms. The molecule has 0 spiro atoms. The minimum absolute atomic E-state index is 0.341. The van der Waals surface area contributed by atoms with Gasteiger partial charge in [-0.15, -0.1) is 0 Å². The molecule has 0 aliphatic heterocycles. The Morgan fingerprint density at radius 2 is 2.00 bits per heavy atom. The van der Waals surface area contributed by atoms with Crippen molar-refractivity contribution in [3.05, 3.63) is 0 Å². The maximum absolute atomic E-state index is 11.5. The number of methoxy groups -OCH3 is 1. The molecular formula is C10H20N2O4. The standard InChI is InChI=1S/C10H20N2O4/c1-5-7(8(13)14)11-9(15)12-10(2,3)6-16-4/h7H,5-6H2,1-4H3,(H,13,14)(H2,11,12,15)/t7-/m0/s1. The molecule has 0 rings (SSSR count). The Hall–Kier alpha value is -1.30. The number of amides is 2. The number of rotatable bonds is 6. The van der Waals surface area contributed by atoms with Gasteiger partial charge < -0.3 is 20.5 Å². The van der Waals surface area contributed by atoms with Gasteiger partial charge in [0.15, 0.2) is 0 Å². The van der Waals surface area contributed by atoms with E-state index >= 15 is 0 Å². The first-order valence-electron chi connectivity index (χ1n) is 5.13. The van der Waals surface area contributed by atoms with Crippen molar-refractivity contribution in [2.24, 2.45) is 0 Å². The van der Waals surface area contributed by atoms with Crippen LogP contribution in [-0.4, -0.2) is 42.4 Å². The van der Waals surface area contributed by atoms with E-state index in [-0.39, 0.29) is 0 Å². The number of carbonyl (C=O) groups is 2. The van der Waals surface area contributed by atoms with Crippen LogP contribution in [-0.2, 0) is 9.53 Å². The van der Waals surface area contributed by atoms with Gasteiger partial charge in [0.05, 0.1) is 12.1 Å². The number of hydrogen-bond donors (Lipinski definition) is 3. The molecule has 0 aromatic rings. The Morgan fingerprint density at radius 1 is 1.44 bits per heavy atom. The number of carboxylic acids is 1. The first kappa shape index (κ1) is 14.7. The monoisotopic (exact) mass is 232 g/mol. The highest BCUT2D eigenvalue weighted by molar-refractivity contribution is 5.82. The van der Waals surface area contributed by atoms with Gasteiger partial charge >= 0.3 is 12.0 Å². The largest absolute Gasteiger partial charge is 0.480 e. The summed E-state index contributed by atoms with van der Waals surface area (Å²) < 4.78 is 4.93. The molecule has 2 amide bonds. The van der Waals surface area contributed by atoms with Crippen molar-refractivity contribution in [2.45, 2.75) is 38.8 Å². The molecule has 94 valence electrons. The molecule has 1 atom stereocenters. The van der Waals surface area contributed by atoms with Crippen LogP contribution in [0.3, 0.4) is 0 Å². The molecule has 6 nitrogen and oxygen atoms in total. The summed E-state index contributed by atoms with van der Waals surface area (Å²) in [5, 5.41) is 13.8. The topological polar surface area (TPSA) is 87.7 Å². The van der Waals surface area contributed by atoms with Gasteiger partial charge in [-0.1, -0.05) is 6.92 Å². The summed E-state index contributed by atoms with van der Waals surface area (Å²) in [7, 11) is 1.54. The van der Waals surface area contributed by atoms with E-state index in [9.17, 15) is 9.59 Å². The molecule has 0 heterocycles. The molecule has 0 aliphatic rings. The minimum atomic E-state index is -1.04. The van der Waals surface area contributed by atoms with Gasteiger partial charge in [0.1, 0.15) is 6.04 Å². The van der Waals surface area contributed by atoms with Crippen LogP contribution in [0.25, 0.3) is 0 Å². The summed E-state index contributed by atoms with van der Waals surface area (Å²) in [6, 6.07) is -1.37. The fourth-order valence-corrected chi connectivity index (χ4v) is 1.24. The summed E-state index contributed by atoms with van der Waals surface area (Å²) >= 11 is 0. The smallest absolute Gasteiger partial charge is 0.326 e. The van der Waals surface area contributed by atoms with Crippen LogP contribution in [0.5, 0.6) is 0 Å². The molecule has 0 aliphatic carbocycles. The maximum Gasteiger partial charge on any atom is 0.326 e. The SMILES string of the molecule is CC[C@H](NC(=O)NC(C)(C)COC)C(=O)O. The van der Waals surface area contributed by atoms with Crippen molar-refractivity contribution in [1.29, 1.82) is 0 Å². The highest BCUT2D eigenvalue weighted by Crippen LogP contribution is 2.02. The molecule has 0 saturated heterocycles. The zero-order valence-electron chi connectivity index (χ0n) is 10.2. The van der Waals surface area contributed by atoms with E-state index in [1.54, 1.807) is 20.8 Å². The van der Waals surface area contributed by atoms with Crippen LogP contribution in [0.2, 0.25) is 0 Å². The van der Waals surface area contributed by atoms with E-state index in [4.69, 9.17) is 9.84 Å². The summed E-state index contributed by atoms with van der Waals surface area (Å²) in [5.74, 6) is -1.04. The van der Waals surface area contributed by atoms with E-state index in [1.165, 1.54) is 7.11 Å². The van der Waals surface area contributed by atoms with E-state index in [2.05, 4.69) is 10.6 Å². The second-order valence-corrected chi connectivity index (χ2v) is 4.21. The van der Waals surface area contributed by atoms with Crippen LogP contribution in [0.15, 0.2) is 0 Å². The fourth-order valence-electron chi connectivity index (χ4n) is 1.24. The van der Waals surface area contributed by atoms with Gasteiger partial charge in [-0.05, 0) is 20.3 Å². The van der Waals surface area contributed by atoms with Crippen LogP contribution in [0.1, 0.15) is 27.2 Å². The highest BCUT2D eigenvalue weighted by atomic mass is 16.5. The average molecular weight is 232 g/mol. The van der Waals surface area contributed by atoms with Gasteiger partial charge in [0.25, 0.3) is 0 Å². The van der Waals surface area contributed by atoms with Crippen LogP contribution < -0.4 is 10.6 Å². The zero-order chi connectivity index (χ0) is 12.8. The number of nitrogens with one attached hydrogen (secondary N) is 2. The molecular weight excluding hydrogens is 212 g/mol. The molecule has 0 aromatic heterocycles. The van der Waals surface area contributed by atoms with Gasteiger partial charge in [-0.2, -0.15) is 0 Å². The van der Waals surface area contributed by atoms with Crippen molar-refractivity contribution >= 4 is 12.0 Å². The molecule has 0 unspecified atom stereocenters. The van der Waals surface area contributed by atoms with Crippen LogP contribution in [0, 0.1) is 0 Å². The van der Waals surface area contributed by atoms with Gasteiger partial charge in [-0.25, -0.2) is 9.59 Å². The number of hydrogen-bond acceptors (Lipinski definition) is 3. The number of ether oxygens (including phenoxy) is 1. The Bertz CT molecular complexity index is 253. The van der Waals surface area contributed by atoms with E-state index in [1.807, 2.05) is 0 Å². The molecule has 0 radical (unpaired) electrons. The van der Waals surface area contributed by atoms with Crippen LogP contribution in [0.4, 0.5) is 4.79 Å². The second kappa shape index (κ2) is 6.32. The molecule has 0 aromatic carbocycles. The van der Waals surface area contributed by atoms with E-state index < -0.39 is 23.6 Å². The number of aliphatic carboxylic acids is 1.